The van der Waals surface area contributed by atoms with Gasteiger partial charge in [0, 0.05) is 56.0 Å². The second-order valence-electron chi connectivity index (χ2n) is 8.81. The fraction of sp³-hybridized carbons (Fsp3) is 0.333. The number of benzene rings is 1. The Morgan fingerprint density at radius 3 is 2.36 bits per heavy atom. The van der Waals surface area contributed by atoms with Crippen LogP contribution in [0.3, 0.4) is 0 Å². The van der Waals surface area contributed by atoms with E-state index in [1.807, 2.05) is 6.92 Å². The normalized spacial score (nSPS) is 13.9. The first-order valence-electron chi connectivity index (χ1n) is 11.7. The molecule has 0 bridgehead atoms. The predicted molar refractivity (Wildman–Crippen MR) is 133 cm³/mol. The molecule has 9 heteroatoms. The summed E-state index contributed by atoms with van der Waals surface area (Å²) in [5.74, 6) is 0.260. The number of carbonyl (C=O) groups excluding carboxylic acids is 3. The van der Waals surface area contributed by atoms with Crippen molar-refractivity contribution >= 4 is 17.6 Å². The molecule has 0 saturated carbocycles. The van der Waals surface area contributed by atoms with E-state index in [1.54, 1.807) is 64.1 Å². The van der Waals surface area contributed by atoms with Crippen molar-refractivity contribution in [1.82, 2.24) is 14.4 Å². The SMILES string of the molecule is COc1cc(=O)n2c(c1C(=O)N(C)[C@@H](C)c1ccco1)CCN(C(=O)c1ccc(C(C)=O)cc1)CC2. The van der Waals surface area contributed by atoms with E-state index in [-0.39, 0.29) is 41.5 Å². The van der Waals surface area contributed by atoms with E-state index in [0.29, 0.717) is 47.7 Å². The van der Waals surface area contributed by atoms with Gasteiger partial charge in [0.2, 0.25) is 0 Å². The minimum Gasteiger partial charge on any atom is -0.496 e. The fourth-order valence-corrected chi connectivity index (χ4v) is 4.45. The quantitative estimate of drug-likeness (QED) is 0.491. The Hall–Kier alpha value is -4.14. The molecule has 1 atom stereocenters. The van der Waals surface area contributed by atoms with Crippen molar-refractivity contribution in [3.05, 3.63) is 87.2 Å². The Bertz CT molecular complexity index is 1340. The van der Waals surface area contributed by atoms with Crippen LogP contribution in [0.4, 0.5) is 0 Å². The number of carbonyl (C=O) groups is 3. The average molecular weight is 492 g/mol. The Kier molecular flexibility index (Phi) is 7.10. The van der Waals surface area contributed by atoms with Crippen LogP contribution >= 0.6 is 0 Å². The van der Waals surface area contributed by atoms with E-state index < -0.39 is 0 Å². The Labute approximate surface area is 208 Å². The van der Waals surface area contributed by atoms with Crippen LogP contribution in [0, 0.1) is 0 Å². The highest BCUT2D eigenvalue weighted by atomic mass is 16.5. The molecule has 2 amide bonds. The summed E-state index contributed by atoms with van der Waals surface area (Å²) in [4.78, 5) is 54.5. The minimum atomic E-state index is -0.341. The molecule has 0 fully saturated rings. The number of amides is 2. The van der Waals surface area contributed by atoms with Gasteiger partial charge in [0.25, 0.3) is 17.4 Å². The zero-order valence-corrected chi connectivity index (χ0v) is 20.8. The third kappa shape index (κ3) is 4.68. The highest BCUT2D eigenvalue weighted by molar-refractivity contribution is 5.99. The van der Waals surface area contributed by atoms with Gasteiger partial charge in [-0.25, -0.2) is 0 Å². The fourth-order valence-electron chi connectivity index (χ4n) is 4.45. The maximum atomic E-state index is 13.7. The highest BCUT2D eigenvalue weighted by Gasteiger charge is 2.30. The summed E-state index contributed by atoms with van der Waals surface area (Å²) in [5, 5.41) is 0. The predicted octanol–water partition coefficient (Wildman–Crippen LogP) is 3.18. The van der Waals surface area contributed by atoms with Crippen LogP contribution in [-0.2, 0) is 13.0 Å². The third-order valence-electron chi connectivity index (χ3n) is 6.71. The molecule has 4 rings (SSSR count). The molecular formula is C27H29N3O6. The zero-order valence-electron chi connectivity index (χ0n) is 20.8. The second kappa shape index (κ2) is 10.2. The van der Waals surface area contributed by atoms with Crippen molar-refractivity contribution in [3.8, 4) is 5.75 Å². The number of aromatic nitrogens is 1. The first-order chi connectivity index (χ1) is 17.2. The lowest BCUT2D eigenvalue weighted by molar-refractivity contribution is 0.0719. The van der Waals surface area contributed by atoms with E-state index in [0.717, 1.165) is 0 Å². The number of ether oxygens (including phenoxy) is 1. The summed E-state index contributed by atoms with van der Waals surface area (Å²) in [6.45, 7) is 4.19. The Balaban J connectivity index is 1.64. The molecule has 0 unspecified atom stereocenters. The van der Waals surface area contributed by atoms with Gasteiger partial charge < -0.3 is 23.5 Å². The molecule has 0 spiro atoms. The molecule has 3 heterocycles. The maximum Gasteiger partial charge on any atom is 0.259 e. The first-order valence-corrected chi connectivity index (χ1v) is 11.7. The van der Waals surface area contributed by atoms with Gasteiger partial charge in [-0.2, -0.15) is 0 Å². The largest absolute Gasteiger partial charge is 0.496 e. The molecule has 3 aromatic rings. The number of rotatable bonds is 6. The van der Waals surface area contributed by atoms with Crippen molar-refractivity contribution in [2.45, 2.75) is 32.9 Å². The number of nitrogens with zero attached hydrogens (tertiary/aromatic N) is 3. The second-order valence-corrected chi connectivity index (χ2v) is 8.81. The number of fused-ring (bicyclic) bond motifs is 1. The van der Waals surface area contributed by atoms with Gasteiger partial charge in [-0.05, 0) is 38.1 Å². The minimum absolute atomic E-state index is 0.0731. The van der Waals surface area contributed by atoms with Crippen molar-refractivity contribution < 1.29 is 23.5 Å². The van der Waals surface area contributed by atoms with Gasteiger partial charge in [-0.3, -0.25) is 19.2 Å². The van der Waals surface area contributed by atoms with Crippen molar-refractivity contribution in [2.75, 3.05) is 27.2 Å². The van der Waals surface area contributed by atoms with Crippen LogP contribution in [0.2, 0.25) is 0 Å². The first kappa shape index (κ1) is 25.0. The molecular weight excluding hydrogens is 462 g/mol. The van der Waals surface area contributed by atoms with Crippen LogP contribution in [0.1, 0.15) is 62.4 Å². The van der Waals surface area contributed by atoms with Crippen LogP contribution < -0.4 is 10.3 Å². The molecule has 1 aliphatic rings. The number of furan rings is 1. The summed E-state index contributed by atoms with van der Waals surface area (Å²) in [6.07, 6.45) is 1.85. The molecule has 0 N–H and O–H groups in total. The van der Waals surface area contributed by atoms with Crippen molar-refractivity contribution in [2.24, 2.45) is 0 Å². The molecule has 36 heavy (non-hydrogen) atoms. The summed E-state index contributed by atoms with van der Waals surface area (Å²) in [7, 11) is 3.10. The van der Waals surface area contributed by atoms with E-state index in [2.05, 4.69) is 0 Å². The standard InChI is InChI=1S/C27H29N3O6/c1-17(22-6-5-15-36-22)28(3)27(34)25-21-11-12-29(13-14-30(21)24(32)16-23(25)35-4)26(33)20-9-7-19(8-10-20)18(2)31/h5-10,15-17H,11-14H2,1-4H3/t17-/m0/s1. The van der Waals surface area contributed by atoms with Crippen LogP contribution in [0.25, 0.3) is 0 Å². The number of methoxy groups -OCH3 is 1. The molecule has 0 aliphatic carbocycles. The van der Waals surface area contributed by atoms with Gasteiger partial charge in [-0.15, -0.1) is 0 Å². The van der Waals surface area contributed by atoms with E-state index >= 15 is 0 Å². The Morgan fingerprint density at radius 2 is 1.75 bits per heavy atom. The number of ketones is 1. The zero-order chi connectivity index (χ0) is 26.0. The van der Waals surface area contributed by atoms with Gasteiger partial charge in [-0.1, -0.05) is 12.1 Å². The summed E-state index contributed by atoms with van der Waals surface area (Å²) < 4.78 is 12.5. The van der Waals surface area contributed by atoms with E-state index in [1.165, 1.54) is 20.1 Å². The summed E-state index contributed by atoms with van der Waals surface area (Å²) in [5.41, 5.74) is 1.53. The maximum absolute atomic E-state index is 13.7. The number of hydrogen-bond donors (Lipinski definition) is 0. The van der Waals surface area contributed by atoms with E-state index in [4.69, 9.17) is 9.15 Å². The highest BCUT2D eigenvalue weighted by Crippen LogP contribution is 2.28. The van der Waals surface area contributed by atoms with Crippen LogP contribution in [-0.4, -0.2) is 59.2 Å². The molecule has 2 aromatic heterocycles. The lowest BCUT2D eigenvalue weighted by atomic mass is 10.1. The van der Waals surface area contributed by atoms with Crippen molar-refractivity contribution in [3.63, 3.8) is 0 Å². The number of pyridine rings is 1. The van der Waals surface area contributed by atoms with Gasteiger partial charge >= 0.3 is 0 Å². The molecule has 1 aliphatic heterocycles. The molecule has 1 aromatic carbocycles. The van der Waals surface area contributed by atoms with Gasteiger partial charge in [0.15, 0.2) is 5.78 Å². The third-order valence-corrected chi connectivity index (χ3v) is 6.71. The molecule has 0 saturated heterocycles. The summed E-state index contributed by atoms with van der Waals surface area (Å²) in [6, 6.07) is 11.1. The molecule has 188 valence electrons. The average Bonchev–Trinajstić information content (AvgIpc) is 3.33. The number of Topliss-reactive ketones (excluding diaryl/α,β-unsaturated/α-hetero) is 1. The molecule has 0 radical (unpaired) electrons. The van der Waals surface area contributed by atoms with Gasteiger partial charge in [0.05, 0.1) is 19.4 Å². The summed E-state index contributed by atoms with van der Waals surface area (Å²) >= 11 is 0. The lowest BCUT2D eigenvalue weighted by Crippen LogP contribution is -2.34. The topological polar surface area (TPSA) is 102 Å². The Morgan fingerprint density at radius 1 is 1.06 bits per heavy atom. The van der Waals surface area contributed by atoms with Crippen molar-refractivity contribution in [1.29, 1.82) is 0 Å². The van der Waals surface area contributed by atoms with Gasteiger partial charge in [0.1, 0.15) is 17.1 Å². The monoisotopic (exact) mass is 491 g/mol. The number of hydrogen-bond acceptors (Lipinski definition) is 6. The molecule has 9 nitrogen and oxygen atoms in total. The van der Waals surface area contributed by atoms with Crippen LogP contribution in [0.15, 0.2) is 57.9 Å². The lowest BCUT2D eigenvalue weighted by Gasteiger charge is -2.26. The van der Waals surface area contributed by atoms with Crippen LogP contribution in [0.5, 0.6) is 5.75 Å². The smallest absolute Gasteiger partial charge is 0.259 e. The van der Waals surface area contributed by atoms with E-state index in [9.17, 15) is 19.2 Å².